The van der Waals surface area contributed by atoms with Crippen LogP contribution in [0.2, 0.25) is 0 Å². The molecular weight excluding hydrogens is 228 g/mol. The lowest BCUT2D eigenvalue weighted by atomic mass is 10.3. The van der Waals surface area contributed by atoms with Gasteiger partial charge >= 0.3 is 5.97 Å². The number of carboxylic acid groups (broad SMARTS) is 1. The Morgan fingerprint density at radius 3 is 2.40 bits per heavy atom. The second-order valence-corrected chi connectivity index (χ2v) is 5.34. The van der Waals surface area contributed by atoms with E-state index in [1.54, 1.807) is 17.4 Å². The van der Waals surface area contributed by atoms with Gasteiger partial charge in [-0.15, -0.1) is 22.7 Å². The summed E-state index contributed by atoms with van der Waals surface area (Å²) in [5.74, 6) is -0.849. The van der Waals surface area contributed by atoms with Crippen molar-refractivity contribution in [1.82, 2.24) is 0 Å². The van der Waals surface area contributed by atoms with Gasteiger partial charge in [0, 0.05) is 14.6 Å². The van der Waals surface area contributed by atoms with E-state index >= 15 is 0 Å². The summed E-state index contributed by atoms with van der Waals surface area (Å²) >= 11 is 3.06. The lowest BCUT2D eigenvalue weighted by Gasteiger charge is -1.89. The minimum Gasteiger partial charge on any atom is -0.477 e. The fourth-order valence-corrected chi connectivity index (χ4v) is 3.17. The Labute approximate surface area is 95.8 Å². The SMILES string of the molecule is CCc1ccc(-c2ccc(C(=O)O)s2)s1. The highest BCUT2D eigenvalue weighted by Crippen LogP contribution is 2.33. The predicted molar refractivity (Wildman–Crippen MR) is 64.0 cm³/mol. The average Bonchev–Trinajstić information content (AvgIpc) is 2.86. The molecule has 0 saturated heterocycles. The van der Waals surface area contributed by atoms with Crippen molar-refractivity contribution in [3.63, 3.8) is 0 Å². The number of rotatable bonds is 3. The zero-order valence-corrected chi connectivity index (χ0v) is 9.82. The van der Waals surface area contributed by atoms with Crippen LogP contribution >= 0.6 is 22.7 Å². The number of carbonyl (C=O) groups is 1. The molecule has 0 fully saturated rings. The van der Waals surface area contributed by atoms with Gasteiger partial charge in [-0.3, -0.25) is 0 Å². The Kier molecular flexibility index (Phi) is 2.88. The van der Waals surface area contributed by atoms with Gasteiger partial charge < -0.3 is 5.11 Å². The van der Waals surface area contributed by atoms with E-state index in [0.717, 1.165) is 16.2 Å². The van der Waals surface area contributed by atoms with E-state index in [0.29, 0.717) is 4.88 Å². The second kappa shape index (κ2) is 4.16. The Hall–Kier alpha value is -1.13. The van der Waals surface area contributed by atoms with Crippen LogP contribution in [0.3, 0.4) is 0 Å². The van der Waals surface area contributed by atoms with E-state index in [1.165, 1.54) is 16.2 Å². The Morgan fingerprint density at radius 1 is 1.20 bits per heavy atom. The van der Waals surface area contributed by atoms with Crippen LogP contribution in [0.4, 0.5) is 0 Å². The Morgan fingerprint density at radius 2 is 1.87 bits per heavy atom. The summed E-state index contributed by atoms with van der Waals surface area (Å²) in [5, 5.41) is 8.81. The van der Waals surface area contributed by atoms with Crippen molar-refractivity contribution in [1.29, 1.82) is 0 Å². The van der Waals surface area contributed by atoms with Crippen LogP contribution in [0, 0.1) is 0 Å². The van der Waals surface area contributed by atoms with Crippen LogP contribution in [0.15, 0.2) is 24.3 Å². The van der Waals surface area contributed by atoms with Crippen LogP contribution < -0.4 is 0 Å². The zero-order chi connectivity index (χ0) is 10.8. The molecule has 0 aromatic carbocycles. The van der Waals surface area contributed by atoms with E-state index in [-0.39, 0.29) is 0 Å². The molecule has 2 rings (SSSR count). The molecule has 15 heavy (non-hydrogen) atoms. The topological polar surface area (TPSA) is 37.3 Å². The smallest absolute Gasteiger partial charge is 0.345 e. The highest BCUT2D eigenvalue weighted by atomic mass is 32.1. The molecule has 0 bridgehead atoms. The number of hydrogen-bond donors (Lipinski definition) is 1. The maximum absolute atomic E-state index is 10.7. The lowest BCUT2D eigenvalue weighted by molar-refractivity contribution is 0.0702. The molecule has 0 atom stereocenters. The van der Waals surface area contributed by atoms with Gasteiger partial charge in [-0.2, -0.15) is 0 Å². The quantitative estimate of drug-likeness (QED) is 0.884. The van der Waals surface area contributed by atoms with Gasteiger partial charge in [-0.05, 0) is 30.7 Å². The Bertz CT molecular complexity index is 482. The highest BCUT2D eigenvalue weighted by molar-refractivity contribution is 7.23. The first-order chi connectivity index (χ1) is 7.20. The molecule has 2 aromatic rings. The summed E-state index contributed by atoms with van der Waals surface area (Å²) in [6.45, 7) is 2.12. The summed E-state index contributed by atoms with van der Waals surface area (Å²) in [6.07, 6.45) is 1.03. The Balaban J connectivity index is 2.32. The van der Waals surface area contributed by atoms with Crippen molar-refractivity contribution >= 4 is 28.6 Å². The molecule has 2 nitrogen and oxygen atoms in total. The molecule has 0 spiro atoms. The zero-order valence-electron chi connectivity index (χ0n) is 8.19. The molecule has 0 saturated carbocycles. The third-order valence-electron chi connectivity index (χ3n) is 2.07. The molecule has 0 radical (unpaired) electrons. The molecule has 2 aromatic heterocycles. The van der Waals surface area contributed by atoms with Gasteiger partial charge in [0.25, 0.3) is 0 Å². The fraction of sp³-hybridized carbons (Fsp3) is 0.182. The summed E-state index contributed by atoms with van der Waals surface area (Å²) < 4.78 is 0. The molecule has 78 valence electrons. The van der Waals surface area contributed by atoms with E-state index in [1.807, 2.05) is 6.07 Å². The third kappa shape index (κ3) is 2.11. The van der Waals surface area contributed by atoms with Crippen molar-refractivity contribution in [2.24, 2.45) is 0 Å². The van der Waals surface area contributed by atoms with Crippen molar-refractivity contribution in [2.45, 2.75) is 13.3 Å². The first kappa shape index (κ1) is 10.4. The number of aromatic carboxylic acids is 1. The van der Waals surface area contributed by atoms with Crippen LogP contribution in [-0.2, 0) is 6.42 Å². The summed E-state index contributed by atoms with van der Waals surface area (Å²) in [6, 6.07) is 7.69. The molecule has 0 aliphatic carbocycles. The highest BCUT2D eigenvalue weighted by Gasteiger charge is 2.09. The molecule has 2 heterocycles. The summed E-state index contributed by atoms with van der Waals surface area (Å²) in [5.41, 5.74) is 0. The van der Waals surface area contributed by atoms with Crippen molar-refractivity contribution in [2.75, 3.05) is 0 Å². The van der Waals surface area contributed by atoms with Gasteiger partial charge in [-0.1, -0.05) is 6.92 Å². The monoisotopic (exact) mass is 238 g/mol. The molecule has 0 aliphatic heterocycles. The van der Waals surface area contributed by atoms with Gasteiger partial charge in [-0.25, -0.2) is 4.79 Å². The number of hydrogen-bond acceptors (Lipinski definition) is 3. The van der Waals surface area contributed by atoms with Gasteiger partial charge in [0.1, 0.15) is 4.88 Å². The standard InChI is InChI=1S/C11H10O2S2/c1-2-7-3-4-8(14-7)9-5-6-10(15-9)11(12)13/h3-6H,2H2,1H3,(H,12,13). The third-order valence-corrected chi connectivity index (χ3v) is 4.57. The van der Waals surface area contributed by atoms with Gasteiger partial charge in [0.15, 0.2) is 0 Å². The van der Waals surface area contributed by atoms with E-state index in [2.05, 4.69) is 19.1 Å². The van der Waals surface area contributed by atoms with E-state index < -0.39 is 5.97 Å². The number of aryl methyl sites for hydroxylation is 1. The first-order valence-corrected chi connectivity index (χ1v) is 6.26. The minimum absolute atomic E-state index is 0.399. The molecular formula is C11H10O2S2. The maximum atomic E-state index is 10.7. The van der Waals surface area contributed by atoms with Crippen molar-refractivity contribution in [3.05, 3.63) is 34.0 Å². The molecule has 0 aliphatic rings. The molecule has 0 unspecified atom stereocenters. The van der Waals surface area contributed by atoms with E-state index in [4.69, 9.17) is 5.11 Å². The van der Waals surface area contributed by atoms with Crippen LogP contribution in [-0.4, -0.2) is 11.1 Å². The van der Waals surface area contributed by atoms with Crippen LogP contribution in [0.25, 0.3) is 9.75 Å². The van der Waals surface area contributed by atoms with Crippen LogP contribution in [0.5, 0.6) is 0 Å². The maximum Gasteiger partial charge on any atom is 0.345 e. The van der Waals surface area contributed by atoms with E-state index in [9.17, 15) is 4.79 Å². The van der Waals surface area contributed by atoms with Crippen molar-refractivity contribution < 1.29 is 9.90 Å². The number of thiophene rings is 2. The second-order valence-electron chi connectivity index (χ2n) is 3.09. The first-order valence-electron chi connectivity index (χ1n) is 4.63. The summed E-state index contributed by atoms with van der Waals surface area (Å²) in [4.78, 5) is 14.6. The largest absolute Gasteiger partial charge is 0.477 e. The van der Waals surface area contributed by atoms with Gasteiger partial charge in [0.05, 0.1) is 0 Å². The molecule has 4 heteroatoms. The molecule has 1 N–H and O–H groups in total. The van der Waals surface area contributed by atoms with Gasteiger partial charge in [0.2, 0.25) is 0 Å². The molecule has 0 amide bonds. The van der Waals surface area contributed by atoms with Crippen molar-refractivity contribution in [3.8, 4) is 9.75 Å². The lowest BCUT2D eigenvalue weighted by Crippen LogP contribution is -1.89. The number of carboxylic acids is 1. The average molecular weight is 238 g/mol. The fourth-order valence-electron chi connectivity index (χ4n) is 1.29. The minimum atomic E-state index is -0.849. The normalized spacial score (nSPS) is 10.5. The predicted octanol–water partition coefficient (Wildman–Crippen LogP) is 3.74. The summed E-state index contributed by atoms with van der Waals surface area (Å²) in [7, 11) is 0. The van der Waals surface area contributed by atoms with Crippen LogP contribution in [0.1, 0.15) is 21.5 Å².